The summed E-state index contributed by atoms with van der Waals surface area (Å²) in [4.78, 5) is 28.4. The highest BCUT2D eigenvalue weighted by Gasteiger charge is 2.07. The van der Waals surface area contributed by atoms with Crippen molar-refractivity contribution in [3.63, 3.8) is 0 Å². The standard InChI is InChI=1S/C14H14N2O3S/c1-16(2)13(17)9-19-14(18)8-7-12-15-10-5-3-4-6-11(10)20-12/h3-8H,9H2,1-2H3/b8-7+. The van der Waals surface area contributed by atoms with Crippen molar-refractivity contribution in [3.8, 4) is 0 Å². The molecule has 0 aliphatic heterocycles. The molecule has 6 heteroatoms. The van der Waals surface area contributed by atoms with Crippen LogP contribution in [0.4, 0.5) is 0 Å². The fraction of sp³-hybridized carbons (Fsp3) is 0.214. The third-order valence-electron chi connectivity index (χ3n) is 2.51. The fourth-order valence-corrected chi connectivity index (χ4v) is 2.28. The van der Waals surface area contributed by atoms with E-state index in [1.807, 2.05) is 24.3 Å². The Morgan fingerprint density at radius 3 is 2.80 bits per heavy atom. The fourth-order valence-electron chi connectivity index (χ4n) is 1.41. The molecular weight excluding hydrogens is 276 g/mol. The van der Waals surface area contributed by atoms with Crippen molar-refractivity contribution < 1.29 is 14.3 Å². The van der Waals surface area contributed by atoms with Gasteiger partial charge >= 0.3 is 5.97 Å². The Bertz CT molecular complexity index is 628. The third kappa shape index (κ3) is 3.64. The highest BCUT2D eigenvalue weighted by atomic mass is 32.1. The van der Waals surface area contributed by atoms with Crippen LogP contribution in [0.15, 0.2) is 30.3 Å². The average Bonchev–Trinajstić information content (AvgIpc) is 2.85. The maximum atomic E-state index is 11.5. The summed E-state index contributed by atoms with van der Waals surface area (Å²) in [7, 11) is 3.21. The molecule has 1 aromatic heterocycles. The molecule has 0 aliphatic carbocycles. The van der Waals surface area contributed by atoms with Crippen molar-refractivity contribution in [2.75, 3.05) is 20.7 Å². The molecule has 0 unspecified atom stereocenters. The zero-order valence-electron chi connectivity index (χ0n) is 11.2. The van der Waals surface area contributed by atoms with Gasteiger partial charge in [-0.05, 0) is 18.2 Å². The molecule has 1 amide bonds. The van der Waals surface area contributed by atoms with Crippen LogP contribution in [0.2, 0.25) is 0 Å². The van der Waals surface area contributed by atoms with E-state index in [0.717, 1.165) is 15.2 Å². The van der Waals surface area contributed by atoms with Gasteiger partial charge in [-0.3, -0.25) is 4.79 Å². The summed E-state index contributed by atoms with van der Waals surface area (Å²) in [6.07, 6.45) is 2.87. The van der Waals surface area contributed by atoms with Gasteiger partial charge in [-0.1, -0.05) is 12.1 Å². The largest absolute Gasteiger partial charge is 0.452 e. The van der Waals surface area contributed by atoms with E-state index in [1.54, 1.807) is 20.2 Å². The SMILES string of the molecule is CN(C)C(=O)COC(=O)/C=C/c1nc2ccccc2s1. The second kappa shape index (κ2) is 6.29. The number of likely N-dealkylation sites (N-methyl/N-ethyl adjacent to an activating group) is 1. The number of fused-ring (bicyclic) bond motifs is 1. The molecule has 1 aromatic carbocycles. The average molecular weight is 290 g/mol. The number of aromatic nitrogens is 1. The molecule has 0 saturated heterocycles. The minimum atomic E-state index is -0.556. The van der Waals surface area contributed by atoms with Crippen molar-refractivity contribution in [1.82, 2.24) is 9.88 Å². The van der Waals surface area contributed by atoms with Crippen LogP contribution >= 0.6 is 11.3 Å². The number of amides is 1. The monoisotopic (exact) mass is 290 g/mol. The first-order chi connectivity index (χ1) is 9.56. The third-order valence-corrected chi connectivity index (χ3v) is 3.51. The van der Waals surface area contributed by atoms with Crippen LogP contribution < -0.4 is 0 Å². The highest BCUT2D eigenvalue weighted by Crippen LogP contribution is 2.22. The maximum Gasteiger partial charge on any atom is 0.331 e. The van der Waals surface area contributed by atoms with E-state index < -0.39 is 5.97 Å². The van der Waals surface area contributed by atoms with Crippen molar-refractivity contribution in [2.45, 2.75) is 0 Å². The smallest absolute Gasteiger partial charge is 0.331 e. The molecular formula is C14H14N2O3S. The van der Waals surface area contributed by atoms with Crippen LogP contribution in [0, 0.1) is 0 Å². The van der Waals surface area contributed by atoms with Crippen LogP contribution in [-0.2, 0) is 14.3 Å². The quantitative estimate of drug-likeness (QED) is 0.638. The molecule has 0 spiro atoms. The van der Waals surface area contributed by atoms with Gasteiger partial charge in [-0.15, -0.1) is 11.3 Å². The number of benzene rings is 1. The number of carbonyl (C=O) groups excluding carboxylic acids is 2. The Morgan fingerprint density at radius 1 is 1.35 bits per heavy atom. The lowest BCUT2D eigenvalue weighted by atomic mass is 10.3. The van der Waals surface area contributed by atoms with E-state index in [1.165, 1.54) is 22.3 Å². The molecule has 0 N–H and O–H groups in total. The molecule has 5 nitrogen and oxygen atoms in total. The van der Waals surface area contributed by atoms with Crippen LogP contribution in [-0.4, -0.2) is 42.5 Å². The molecule has 104 valence electrons. The molecule has 0 bridgehead atoms. The van der Waals surface area contributed by atoms with Crippen LogP contribution in [0.5, 0.6) is 0 Å². The van der Waals surface area contributed by atoms with Crippen LogP contribution in [0.1, 0.15) is 5.01 Å². The van der Waals surface area contributed by atoms with Gasteiger partial charge in [0.2, 0.25) is 0 Å². The second-order valence-electron chi connectivity index (χ2n) is 4.25. The summed E-state index contributed by atoms with van der Waals surface area (Å²) in [5.74, 6) is -0.814. The first-order valence-electron chi connectivity index (χ1n) is 5.97. The number of nitrogens with zero attached hydrogens (tertiary/aromatic N) is 2. The zero-order chi connectivity index (χ0) is 14.5. The predicted molar refractivity (Wildman–Crippen MR) is 78.3 cm³/mol. The molecule has 2 aromatic rings. The number of hydrogen-bond acceptors (Lipinski definition) is 5. The van der Waals surface area contributed by atoms with E-state index in [0.29, 0.717) is 0 Å². The summed E-state index contributed by atoms with van der Waals surface area (Å²) in [6, 6.07) is 7.74. The highest BCUT2D eigenvalue weighted by molar-refractivity contribution is 7.19. The molecule has 0 atom stereocenters. The lowest BCUT2D eigenvalue weighted by Gasteiger charge is -2.09. The van der Waals surface area contributed by atoms with Gasteiger partial charge in [-0.2, -0.15) is 0 Å². The number of thiazole rings is 1. The number of carbonyl (C=O) groups is 2. The van der Waals surface area contributed by atoms with Gasteiger partial charge in [0.1, 0.15) is 5.01 Å². The van der Waals surface area contributed by atoms with Crippen LogP contribution in [0.3, 0.4) is 0 Å². The normalized spacial score (nSPS) is 10.9. The van der Waals surface area contributed by atoms with Crippen molar-refractivity contribution in [1.29, 1.82) is 0 Å². The Morgan fingerprint density at radius 2 is 2.10 bits per heavy atom. The van der Waals surface area contributed by atoms with Gasteiger partial charge in [0.15, 0.2) is 6.61 Å². The predicted octanol–water partition coefficient (Wildman–Crippen LogP) is 1.94. The summed E-state index contributed by atoms with van der Waals surface area (Å²) >= 11 is 1.49. The van der Waals surface area contributed by atoms with Gasteiger partial charge in [0.05, 0.1) is 10.2 Å². The summed E-state index contributed by atoms with van der Waals surface area (Å²) in [5, 5.41) is 0.724. The molecule has 0 radical (unpaired) electrons. The van der Waals surface area contributed by atoms with Crippen molar-refractivity contribution in [2.24, 2.45) is 0 Å². The van der Waals surface area contributed by atoms with E-state index in [2.05, 4.69) is 4.98 Å². The number of rotatable bonds is 4. The molecule has 0 fully saturated rings. The Labute approximate surface area is 120 Å². The topological polar surface area (TPSA) is 59.5 Å². The Balaban J connectivity index is 1.95. The first kappa shape index (κ1) is 14.2. The first-order valence-corrected chi connectivity index (χ1v) is 6.78. The van der Waals surface area contributed by atoms with E-state index >= 15 is 0 Å². The van der Waals surface area contributed by atoms with Gasteiger partial charge in [0.25, 0.3) is 5.91 Å². The number of hydrogen-bond donors (Lipinski definition) is 0. The summed E-state index contributed by atoms with van der Waals surface area (Å²) < 4.78 is 5.88. The van der Waals surface area contributed by atoms with E-state index in [9.17, 15) is 9.59 Å². The number of ether oxygens (including phenoxy) is 1. The molecule has 20 heavy (non-hydrogen) atoms. The van der Waals surface area contributed by atoms with E-state index in [4.69, 9.17) is 4.74 Å². The molecule has 0 saturated carbocycles. The van der Waals surface area contributed by atoms with Crippen molar-refractivity contribution in [3.05, 3.63) is 35.3 Å². The molecule has 0 aliphatic rings. The maximum absolute atomic E-state index is 11.5. The minimum absolute atomic E-state index is 0.254. The zero-order valence-corrected chi connectivity index (χ0v) is 12.0. The summed E-state index contributed by atoms with van der Waals surface area (Å²) in [5.41, 5.74) is 0.897. The van der Waals surface area contributed by atoms with Gasteiger partial charge < -0.3 is 9.64 Å². The molecule has 1 heterocycles. The number of esters is 1. The minimum Gasteiger partial charge on any atom is -0.452 e. The van der Waals surface area contributed by atoms with Crippen LogP contribution in [0.25, 0.3) is 16.3 Å². The number of para-hydroxylation sites is 1. The van der Waals surface area contributed by atoms with Gasteiger partial charge in [-0.25, -0.2) is 9.78 Å². The Kier molecular flexibility index (Phi) is 4.47. The lowest BCUT2D eigenvalue weighted by molar-refractivity contribution is -0.146. The summed E-state index contributed by atoms with van der Waals surface area (Å²) in [6.45, 7) is -0.254. The van der Waals surface area contributed by atoms with E-state index in [-0.39, 0.29) is 12.5 Å². The molecule has 2 rings (SSSR count). The van der Waals surface area contributed by atoms with Gasteiger partial charge in [0, 0.05) is 20.2 Å². The van der Waals surface area contributed by atoms with Crippen molar-refractivity contribution >= 4 is 39.5 Å². The lowest BCUT2D eigenvalue weighted by Crippen LogP contribution is -2.27. The Hall–Kier alpha value is -2.21. The second-order valence-corrected chi connectivity index (χ2v) is 5.31.